The smallest absolute Gasteiger partial charge is 0.234 e. The zero-order valence-electron chi connectivity index (χ0n) is 18.9. The van der Waals surface area contributed by atoms with Crippen molar-refractivity contribution in [1.82, 2.24) is 15.3 Å². The molecule has 2 aliphatic rings. The molecular formula is C24H32ClN5OS. The fourth-order valence-electron chi connectivity index (χ4n) is 4.95. The van der Waals surface area contributed by atoms with E-state index < -0.39 is 0 Å². The van der Waals surface area contributed by atoms with E-state index in [0.717, 1.165) is 43.3 Å². The van der Waals surface area contributed by atoms with Crippen molar-refractivity contribution in [1.29, 1.82) is 0 Å². The van der Waals surface area contributed by atoms with Crippen LogP contribution in [0.15, 0.2) is 30.3 Å². The van der Waals surface area contributed by atoms with Gasteiger partial charge in [-0.1, -0.05) is 43.5 Å². The molecule has 1 aliphatic heterocycles. The molecule has 2 aromatic rings. The van der Waals surface area contributed by atoms with E-state index in [9.17, 15) is 0 Å². The molecule has 4 rings (SSSR count). The van der Waals surface area contributed by atoms with Crippen LogP contribution >= 0.6 is 23.8 Å². The second-order valence-electron chi connectivity index (χ2n) is 9.09. The van der Waals surface area contributed by atoms with Crippen LogP contribution in [-0.4, -0.2) is 41.8 Å². The monoisotopic (exact) mass is 473 g/mol. The van der Waals surface area contributed by atoms with E-state index in [2.05, 4.69) is 39.6 Å². The number of rotatable bonds is 6. The minimum absolute atomic E-state index is 0.0701. The molecule has 32 heavy (non-hydrogen) atoms. The summed E-state index contributed by atoms with van der Waals surface area (Å²) in [5.41, 5.74) is 1.38. The molecule has 1 aromatic carbocycles. The van der Waals surface area contributed by atoms with E-state index in [4.69, 9.17) is 33.5 Å². The van der Waals surface area contributed by atoms with Gasteiger partial charge in [0.15, 0.2) is 5.11 Å². The number of piperidine rings is 1. The molecule has 0 spiro atoms. The van der Waals surface area contributed by atoms with Gasteiger partial charge in [0.2, 0.25) is 11.8 Å². The Morgan fingerprint density at radius 2 is 1.97 bits per heavy atom. The molecule has 0 radical (unpaired) electrons. The van der Waals surface area contributed by atoms with E-state index in [1.54, 1.807) is 7.11 Å². The van der Waals surface area contributed by atoms with Gasteiger partial charge in [-0.2, -0.15) is 9.97 Å². The molecule has 0 bridgehead atoms. The number of methoxy groups -OCH3 is 1. The third-order valence-electron chi connectivity index (χ3n) is 6.71. The molecule has 8 heteroatoms. The van der Waals surface area contributed by atoms with Crippen LogP contribution in [-0.2, 0) is 5.41 Å². The van der Waals surface area contributed by atoms with E-state index in [1.807, 2.05) is 18.2 Å². The number of anilines is 2. The summed E-state index contributed by atoms with van der Waals surface area (Å²) in [6.45, 7) is 5.03. The lowest BCUT2D eigenvalue weighted by molar-refractivity contribution is 0.396. The average molecular weight is 474 g/mol. The third kappa shape index (κ3) is 5.44. The van der Waals surface area contributed by atoms with Crippen LogP contribution in [0.4, 0.5) is 11.8 Å². The largest absolute Gasteiger partial charge is 0.481 e. The number of thiocarbonyl (C=S) groups is 1. The summed E-state index contributed by atoms with van der Waals surface area (Å²) in [4.78, 5) is 11.5. The fraction of sp³-hybridized carbons (Fsp3) is 0.542. The van der Waals surface area contributed by atoms with Gasteiger partial charge in [-0.05, 0) is 61.5 Å². The highest BCUT2D eigenvalue weighted by Gasteiger charge is 2.35. The molecule has 0 amide bonds. The van der Waals surface area contributed by atoms with Crippen molar-refractivity contribution in [2.45, 2.75) is 50.9 Å². The topological polar surface area (TPSA) is 62.3 Å². The molecule has 1 aliphatic carbocycles. The lowest BCUT2D eigenvalue weighted by Gasteiger charge is -2.32. The summed E-state index contributed by atoms with van der Waals surface area (Å²) < 4.78 is 5.43. The Bertz CT molecular complexity index is 932. The summed E-state index contributed by atoms with van der Waals surface area (Å²) >= 11 is 11.7. The van der Waals surface area contributed by atoms with Gasteiger partial charge in [-0.3, -0.25) is 0 Å². The van der Waals surface area contributed by atoms with Gasteiger partial charge in [0.25, 0.3) is 0 Å². The Labute approximate surface area is 201 Å². The maximum absolute atomic E-state index is 6.11. The van der Waals surface area contributed by atoms with Crippen molar-refractivity contribution < 1.29 is 4.74 Å². The molecule has 2 N–H and O–H groups in total. The summed E-state index contributed by atoms with van der Waals surface area (Å²) in [6.07, 6.45) is 7.15. The first kappa shape index (κ1) is 23.1. The summed E-state index contributed by atoms with van der Waals surface area (Å²) in [5.74, 6) is 2.52. The minimum atomic E-state index is 0.0701. The predicted molar refractivity (Wildman–Crippen MR) is 135 cm³/mol. The first-order valence-electron chi connectivity index (χ1n) is 11.5. The van der Waals surface area contributed by atoms with E-state index in [0.29, 0.717) is 22.9 Å². The second kappa shape index (κ2) is 10.2. The fourth-order valence-corrected chi connectivity index (χ4v) is 5.24. The van der Waals surface area contributed by atoms with Gasteiger partial charge >= 0.3 is 0 Å². The molecule has 1 atom stereocenters. The van der Waals surface area contributed by atoms with Crippen LogP contribution in [0.2, 0.25) is 5.02 Å². The molecule has 1 saturated heterocycles. The first-order valence-corrected chi connectivity index (χ1v) is 12.2. The van der Waals surface area contributed by atoms with Crippen LogP contribution in [0.3, 0.4) is 0 Å². The number of nitrogens with one attached hydrogen (secondary N) is 2. The Balaban J connectivity index is 1.44. The van der Waals surface area contributed by atoms with Gasteiger partial charge in [-0.25, -0.2) is 0 Å². The minimum Gasteiger partial charge on any atom is -0.481 e. The molecular weight excluding hydrogens is 442 g/mol. The zero-order valence-corrected chi connectivity index (χ0v) is 20.4. The number of benzene rings is 1. The summed E-state index contributed by atoms with van der Waals surface area (Å²) in [5, 5.41) is 7.89. The second-order valence-corrected chi connectivity index (χ2v) is 9.93. The highest BCUT2D eigenvalue weighted by molar-refractivity contribution is 7.80. The van der Waals surface area contributed by atoms with Gasteiger partial charge in [0, 0.05) is 36.1 Å². The van der Waals surface area contributed by atoms with Crippen LogP contribution in [0.5, 0.6) is 5.88 Å². The van der Waals surface area contributed by atoms with E-state index in [1.165, 1.54) is 31.2 Å². The van der Waals surface area contributed by atoms with Crippen molar-refractivity contribution in [3.8, 4) is 5.88 Å². The molecule has 172 valence electrons. The number of nitrogens with zero attached hydrogens (tertiary/aromatic N) is 3. The Kier molecular flexibility index (Phi) is 7.36. The predicted octanol–water partition coefficient (Wildman–Crippen LogP) is 5.17. The normalized spacial score (nSPS) is 20.1. The Morgan fingerprint density at radius 3 is 2.66 bits per heavy atom. The Morgan fingerprint density at radius 1 is 1.22 bits per heavy atom. The Hall–Kier alpha value is -2.12. The molecule has 2 heterocycles. The van der Waals surface area contributed by atoms with E-state index in [-0.39, 0.29) is 5.41 Å². The van der Waals surface area contributed by atoms with Gasteiger partial charge in [0.1, 0.15) is 5.82 Å². The number of hydrogen-bond donors (Lipinski definition) is 2. The van der Waals surface area contributed by atoms with Crippen molar-refractivity contribution in [2.24, 2.45) is 5.92 Å². The van der Waals surface area contributed by atoms with Crippen LogP contribution in [0.1, 0.15) is 51.0 Å². The zero-order chi connectivity index (χ0) is 22.6. The molecule has 1 aromatic heterocycles. The van der Waals surface area contributed by atoms with Gasteiger partial charge in [-0.15, -0.1) is 0 Å². The standard InChI is InChI=1S/C24H32ClN5OS/c1-17-6-5-13-30(15-17)20-14-21(31-2)28-22(27-20)29-23(32)26-16-24(11-3-4-12-24)18-7-9-19(25)10-8-18/h7-10,14,17H,3-6,11-13,15-16H2,1-2H3,(H2,26,27,28,29,32). The van der Waals surface area contributed by atoms with Crippen molar-refractivity contribution in [3.05, 3.63) is 40.9 Å². The maximum Gasteiger partial charge on any atom is 0.234 e. The number of ether oxygens (including phenoxy) is 1. The van der Waals surface area contributed by atoms with Crippen molar-refractivity contribution in [2.75, 3.05) is 37.0 Å². The average Bonchev–Trinajstić information content (AvgIpc) is 3.28. The highest BCUT2D eigenvalue weighted by atomic mass is 35.5. The third-order valence-corrected chi connectivity index (χ3v) is 7.21. The number of halogens is 1. The lowest BCUT2D eigenvalue weighted by atomic mass is 9.79. The molecule has 1 unspecified atom stereocenters. The number of aromatic nitrogens is 2. The SMILES string of the molecule is COc1cc(N2CCCC(C)C2)nc(NC(=S)NCC2(c3ccc(Cl)cc3)CCCC2)n1. The quantitative estimate of drug-likeness (QED) is 0.561. The lowest BCUT2D eigenvalue weighted by Crippen LogP contribution is -2.41. The molecule has 1 saturated carbocycles. The molecule has 2 fully saturated rings. The molecule has 6 nitrogen and oxygen atoms in total. The van der Waals surface area contributed by atoms with Crippen LogP contribution in [0.25, 0.3) is 0 Å². The van der Waals surface area contributed by atoms with Crippen LogP contribution < -0.4 is 20.3 Å². The summed E-state index contributed by atoms with van der Waals surface area (Å²) in [6, 6.07) is 10.1. The van der Waals surface area contributed by atoms with Crippen molar-refractivity contribution >= 4 is 40.7 Å². The maximum atomic E-state index is 6.11. The first-order chi connectivity index (χ1) is 15.5. The van der Waals surface area contributed by atoms with Crippen molar-refractivity contribution in [3.63, 3.8) is 0 Å². The van der Waals surface area contributed by atoms with Gasteiger partial charge in [0.05, 0.1) is 7.11 Å². The van der Waals surface area contributed by atoms with Crippen LogP contribution in [0, 0.1) is 5.92 Å². The number of hydrogen-bond acceptors (Lipinski definition) is 5. The van der Waals surface area contributed by atoms with Gasteiger partial charge < -0.3 is 20.3 Å². The summed E-state index contributed by atoms with van der Waals surface area (Å²) in [7, 11) is 1.63. The highest BCUT2D eigenvalue weighted by Crippen LogP contribution is 2.41. The van der Waals surface area contributed by atoms with E-state index >= 15 is 0 Å².